The zero-order valence-electron chi connectivity index (χ0n) is 17.3. The van der Waals surface area contributed by atoms with Gasteiger partial charge in [-0.15, -0.1) is 0 Å². The fourth-order valence-corrected chi connectivity index (χ4v) is 4.22. The smallest absolute Gasteiger partial charge is 0.224 e. The predicted octanol–water partition coefficient (Wildman–Crippen LogP) is 6.49. The number of anilines is 3. The van der Waals surface area contributed by atoms with Gasteiger partial charge in [0.1, 0.15) is 5.82 Å². The summed E-state index contributed by atoms with van der Waals surface area (Å²) in [7, 11) is 0. The van der Waals surface area contributed by atoms with Crippen LogP contribution >= 0.6 is 23.2 Å². The van der Waals surface area contributed by atoms with E-state index in [1.165, 1.54) is 19.3 Å². The molecule has 0 aliphatic carbocycles. The molecule has 0 spiro atoms. The summed E-state index contributed by atoms with van der Waals surface area (Å²) >= 11 is 12.1. The molecule has 2 aromatic carbocycles. The highest BCUT2D eigenvalue weighted by molar-refractivity contribution is 6.42. The van der Waals surface area contributed by atoms with E-state index in [0.29, 0.717) is 22.3 Å². The van der Waals surface area contributed by atoms with Gasteiger partial charge in [0.25, 0.3) is 0 Å². The molecule has 2 heterocycles. The van der Waals surface area contributed by atoms with Gasteiger partial charge in [0, 0.05) is 29.4 Å². The Morgan fingerprint density at radius 2 is 1.77 bits per heavy atom. The van der Waals surface area contributed by atoms with Crippen molar-refractivity contribution in [1.82, 2.24) is 9.88 Å². The number of hydrogen-bond donors (Lipinski definition) is 2. The van der Waals surface area contributed by atoms with Gasteiger partial charge in [0.15, 0.2) is 0 Å². The lowest BCUT2D eigenvalue weighted by Gasteiger charge is -2.26. The van der Waals surface area contributed by atoms with Crippen LogP contribution in [0, 0.1) is 0 Å². The van der Waals surface area contributed by atoms with Crippen LogP contribution in [0.15, 0.2) is 48.7 Å². The molecule has 31 heavy (non-hydrogen) atoms. The Hall–Kier alpha value is -2.34. The minimum absolute atomic E-state index is 0.0410. The molecule has 1 aliphatic heterocycles. The zero-order valence-corrected chi connectivity index (χ0v) is 18.8. The minimum atomic E-state index is 0.0410. The summed E-state index contributed by atoms with van der Waals surface area (Å²) in [6, 6.07) is 13.2. The molecule has 0 atom stereocenters. The Morgan fingerprint density at radius 3 is 2.58 bits per heavy atom. The van der Waals surface area contributed by atoms with Crippen molar-refractivity contribution in [3.05, 3.63) is 58.7 Å². The van der Waals surface area contributed by atoms with Gasteiger partial charge >= 0.3 is 0 Å². The highest BCUT2D eigenvalue weighted by atomic mass is 35.5. The molecule has 0 saturated carbocycles. The van der Waals surface area contributed by atoms with Crippen LogP contribution in [0.3, 0.4) is 0 Å². The third-order valence-electron chi connectivity index (χ3n) is 5.56. The Morgan fingerprint density at radius 1 is 0.968 bits per heavy atom. The molecule has 3 aromatic rings. The molecule has 1 aliphatic rings. The third kappa shape index (κ3) is 5.88. The van der Waals surface area contributed by atoms with Crippen molar-refractivity contribution in [1.29, 1.82) is 0 Å². The summed E-state index contributed by atoms with van der Waals surface area (Å²) in [5, 5.41) is 9.25. The SMILES string of the molecule is O=C(CCCN1CCCCC1)Nc1ccc2ccnc(Nc3ccc(Cl)c(Cl)c3)c2c1. The van der Waals surface area contributed by atoms with Gasteiger partial charge in [-0.2, -0.15) is 0 Å². The van der Waals surface area contributed by atoms with Crippen LogP contribution in [0.1, 0.15) is 32.1 Å². The quantitative estimate of drug-likeness (QED) is 0.426. The van der Waals surface area contributed by atoms with Gasteiger partial charge in [0.2, 0.25) is 5.91 Å². The molecule has 7 heteroatoms. The fraction of sp³-hybridized carbons (Fsp3) is 0.333. The molecular formula is C24H26Cl2N4O. The second-order valence-electron chi connectivity index (χ2n) is 7.90. The van der Waals surface area contributed by atoms with Crippen LogP contribution in [0.5, 0.6) is 0 Å². The normalized spacial score (nSPS) is 14.5. The van der Waals surface area contributed by atoms with Gasteiger partial charge in [0.05, 0.1) is 10.0 Å². The zero-order chi connectivity index (χ0) is 21.6. The van der Waals surface area contributed by atoms with Crippen LogP contribution in [-0.4, -0.2) is 35.4 Å². The van der Waals surface area contributed by atoms with Crippen molar-refractivity contribution < 1.29 is 4.79 Å². The average Bonchev–Trinajstić information content (AvgIpc) is 2.77. The van der Waals surface area contributed by atoms with E-state index in [-0.39, 0.29) is 5.91 Å². The van der Waals surface area contributed by atoms with E-state index in [9.17, 15) is 4.79 Å². The number of halogens is 2. The van der Waals surface area contributed by atoms with Crippen LogP contribution < -0.4 is 10.6 Å². The molecule has 4 rings (SSSR count). The first kappa shape index (κ1) is 21.9. The van der Waals surface area contributed by atoms with Crippen molar-refractivity contribution in [2.75, 3.05) is 30.3 Å². The number of piperidine rings is 1. The number of fused-ring (bicyclic) bond motifs is 1. The number of carbonyl (C=O) groups excluding carboxylic acids is 1. The Kier molecular flexibility index (Phi) is 7.28. The average molecular weight is 457 g/mol. The molecule has 162 valence electrons. The van der Waals surface area contributed by atoms with Crippen LogP contribution in [0.25, 0.3) is 10.8 Å². The van der Waals surface area contributed by atoms with E-state index in [2.05, 4.69) is 20.5 Å². The van der Waals surface area contributed by atoms with Crippen LogP contribution in [0.4, 0.5) is 17.2 Å². The highest BCUT2D eigenvalue weighted by Crippen LogP contribution is 2.30. The first-order valence-corrected chi connectivity index (χ1v) is 11.5. The highest BCUT2D eigenvalue weighted by Gasteiger charge is 2.11. The third-order valence-corrected chi connectivity index (χ3v) is 6.30. The van der Waals surface area contributed by atoms with E-state index < -0.39 is 0 Å². The summed E-state index contributed by atoms with van der Waals surface area (Å²) in [6.45, 7) is 3.31. The molecule has 0 bridgehead atoms. The van der Waals surface area contributed by atoms with Crippen LogP contribution in [0.2, 0.25) is 10.0 Å². The lowest BCUT2D eigenvalue weighted by atomic mass is 10.1. The summed E-state index contributed by atoms with van der Waals surface area (Å²) in [5.41, 5.74) is 1.56. The number of rotatable bonds is 7. The summed E-state index contributed by atoms with van der Waals surface area (Å²) in [5.74, 6) is 0.733. The number of aromatic nitrogens is 1. The van der Waals surface area contributed by atoms with Gasteiger partial charge in [-0.1, -0.05) is 35.7 Å². The lowest BCUT2D eigenvalue weighted by molar-refractivity contribution is -0.116. The maximum absolute atomic E-state index is 12.4. The van der Waals surface area contributed by atoms with E-state index in [1.54, 1.807) is 18.3 Å². The number of hydrogen-bond acceptors (Lipinski definition) is 4. The topological polar surface area (TPSA) is 57.3 Å². The summed E-state index contributed by atoms with van der Waals surface area (Å²) in [4.78, 5) is 19.4. The van der Waals surface area contributed by atoms with Crippen molar-refractivity contribution in [3.63, 3.8) is 0 Å². The van der Waals surface area contributed by atoms with Gasteiger partial charge in [-0.25, -0.2) is 4.98 Å². The largest absolute Gasteiger partial charge is 0.340 e. The summed E-state index contributed by atoms with van der Waals surface area (Å²) < 4.78 is 0. The van der Waals surface area contributed by atoms with E-state index in [4.69, 9.17) is 23.2 Å². The molecule has 1 saturated heterocycles. The lowest BCUT2D eigenvalue weighted by Crippen LogP contribution is -2.31. The number of likely N-dealkylation sites (tertiary alicyclic amines) is 1. The number of carbonyl (C=O) groups is 1. The molecule has 0 radical (unpaired) electrons. The standard InChI is InChI=1S/C24H26Cl2N4O/c25-21-9-8-19(16-22(21)26)29-24-20-15-18(7-6-17(20)10-11-27-24)28-23(31)5-4-14-30-12-2-1-3-13-30/h6-11,15-16H,1-5,12-14H2,(H,27,29)(H,28,31). The monoisotopic (exact) mass is 456 g/mol. The predicted molar refractivity (Wildman–Crippen MR) is 130 cm³/mol. The van der Waals surface area contributed by atoms with E-state index in [0.717, 1.165) is 48.2 Å². The molecular weight excluding hydrogens is 431 g/mol. The molecule has 0 unspecified atom stereocenters. The Labute approximate surface area is 192 Å². The number of pyridine rings is 1. The molecule has 1 fully saturated rings. The first-order chi connectivity index (χ1) is 15.1. The van der Waals surface area contributed by atoms with Crippen LogP contribution in [-0.2, 0) is 4.79 Å². The second-order valence-corrected chi connectivity index (χ2v) is 8.72. The van der Waals surface area contributed by atoms with Gasteiger partial charge in [-0.05, 0) is 80.7 Å². The number of benzene rings is 2. The van der Waals surface area contributed by atoms with Gasteiger partial charge in [-0.3, -0.25) is 4.79 Å². The summed E-state index contributed by atoms with van der Waals surface area (Å²) in [6.07, 6.45) is 7.03. The van der Waals surface area contributed by atoms with Crippen molar-refractivity contribution in [3.8, 4) is 0 Å². The van der Waals surface area contributed by atoms with E-state index >= 15 is 0 Å². The Balaban J connectivity index is 1.42. The number of nitrogens with zero attached hydrogens (tertiary/aromatic N) is 2. The number of nitrogens with one attached hydrogen (secondary N) is 2. The van der Waals surface area contributed by atoms with E-state index in [1.807, 2.05) is 30.3 Å². The molecule has 1 aromatic heterocycles. The molecule has 5 nitrogen and oxygen atoms in total. The number of amides is 1. The second kappa shape index (κ2) is 10.3. The maximum Gasteiger partial charge on any atom is 0.224 e. The first-order valence-electron chi connectivity index (χ1n) is 10.7. The molecule has 2 N–H and O–H groups in total. The minimum Gasteiger partial charge on any atom is -0.340 e. The van der Waals surface area contributed by atoms with Crippen molar-refractivity contribution in [2.24, 2.45) is 0 Å². The Bertz CT molecular complexity index is 1070. The van der Waals surface area contributed by atoms with Crippen molar-refractivity contribution >= 4 is 57.1 Å². The maximum atomic E-state index is 12.4. The molecule has 1 amide bonds. The fourth-order valence-electron chi connectivity index (χ4n) is 3.93. The van der Waals surface area contributed by atoms with Crippen molar-refractivity contribution in [2.45, 2.75) is 32.1 Å². The van der Waals surface area contributed by atoms with Gasteiger partial charge < -0.3 is 15.5 Å².